The third kappa shape index (κ3) is 4.67. The van der Waals surface area contributed by atoms with Crippen LogP contribution in [-0.4, -0.2) is 24.5 Å². The Morgan fingerprint density at radius 1 is 1.06 bits per heavy atom. The first kappa shape index (κ1) is 24.2. The maximum Gasteiger partial charge on any atom is 0.269 e. The molecule has 1 saturated heterocycles. The molecule has 0 radical (unpaired) electrons. The fraction of sp³-hybridized carbons (Fsp3) is 0.111. The van der Waals surface area contributed by atoms with Crippen molar-refractivity contribution in [1.82, 2.24) is 14.3 Å². The van der Waals surface area contributed by atoms with E-state index in [9.17, 15) is 9.59 Å². The van der Waals surface area contributed by atoms with Crippen molar-refractivity contribution < 1.29 is 9.53 Å². The number of aromatic nitrogens is 2. The topological polar surface area (TPSA) is 63.9 Å². The molecule has 5 rings (SSSR count). The van der Waals surface area contributed by atoms with Crippen molar-refractivity contribution in [2.24, 2.45) is 0 Å². The molecule has 4 aromatic rings. The molecule has 0 N–H and O–H groups in total. The number of pyridine rings is 1. The number of thioether (sulfide) groups is 1. The summed E-state index contributed by atoms with van der Waals surface area (Å²) in [5.74, 6) is 0.139. The fourth-order valence-electron chi connectivity index (χ4n) is 3.77. The van der Waals surface area contributed by atoms with Crippen LogP contribution in [0.15, 0.2) is 76.6 Å². The number of hydrogen-bond donors (Lipinski definition) is 0. The van der Waals surface area contributed by atoms with Crippen molar-refractivity contribution >= 4 is 57.5 Å². The Hall–Kier alpha value is -3.46. The summed E-state index contributed by atoms with van der Waals surface area (Å²) in [7, 11) is 0. The van der Waals surface area contributed by atoms with Crippen molar-refractivity contribution in [2.45, 2.75) is 20.4 Å². The molecule has 0 spiro atoms. The van der Waals surface area contributed by atoms with Crippen LogP contribution in [-0.2, 0) is 11.3 Å². The zero-order valence-corrected chi connectivity index (χ0v) is 21.8. The zero-order chi connectivity index (χ0) is 25.4. The molecule has 2 aromatic carbocycles. The van der Waals surface area contributed by atoms with Gasteiger partial charge in [0.2, 0.25) is 5.88 Å². The highest BCUT2D eigenvalue weighted by molar-refractivity contribution is 8.26. The average Bonchev–Trinajstić information content (AvgIpc) is 3.12. The van der Waals surface area contributed by atoms with Crippen LogP contribution in [0.25, 0.3) is 11.7 Å². The van der Waals surface area contributed by atoms with Crippen LogP contribution in [0.3, 0.4) is 0 Å². The van der Waals surface area contributed by atoms with Crippen LogP contribution < -0.4 is 10.3 Å². The number of rotatable bonds is 5. The molecule has 1 aliphatic rings. The van der Waals surface area contributed by atoms with Crippen LogP contribution in [0.5, 0.6) is 11.6 Å². The zero-order valence-electron chi connectivity index (χ0n) is 19.4. The van der Waals surface area contributed by atoms with E-state index in [0.717, 1.165) is 28.5 Å². The van der Waals surface area contributed by atoms with Gasteiger partial charge in [0, 0.05) is 6.20 Å². The molecule has 6 nitrogen and oxygen atoms in total. The minimum atomic E-state index is -0.366. The Bertz CT molecular complexity index is 1610. The summed E-state index contributed by atoms with van der Waals surface area (Å²) in [5, 5.41) is 0.375. The van der Waals surface area contributed by atoms with Gasteiger partial charge >= 0.3 is 0 Å². The number of benzene rings is 2. The lowest BCUT2D eigenvalue weighted by Crippen LogP contribution is -2.27. The molecule has 0 bridgehead atoms. The second kappa shape index (κ2) is 9.89. The molecule has 0 unspecified atom stereocenters. The number of carbonyl (C=O) groups excluding carboxylic acids is 1. The van der Waals surface area contributed by atoms with Gasteiger partial charge in [-0.15, -0.1) is 0 Å². The van der Waals surface area contributed by atoms with E-state index in [2.05, 4.69) is 4.98 Å². The summed E-state index contributed by atoms with van der Waals surface area (Å²) in [6, 6.07) is 18.5. The number of aryl methyl sites for hydroxylation is 2. The Kier molecular flexibility index (Phi) is 6.66. The van der Waals surface area contributed by atoms with Crippen LogP contribution in [0.1, 0.15) is 22.3 Å². The number of carbonyl (C=O) groups is 1. The number of para-hydroxylation sites is 1. The number of fused-ring (bicyclic) bond motifs is 1. The minimum Gasteiger partial charge on any atom is -0.437 e. The number of ether oxygens (including phenoxy) is 1. The van der Waals surface area contributed by atoms with Gasteiger partial charge in [0.15, 0.2) is 0 Å². The molecule has 2 aromatic heterocycles. The van der Waals surface area contributed by atoms with Gasteiger partial charge in [0.25, 0.3) is 11.5 Å². The van der Waals surface area contributed by atoms with E-state index in [1.54, 1.807) is 36.5 Å². The lowest BCUT2D eigenvalue weighted by atomic mass is 10.1. The average molecular weight is 534 g/mol. The number of nitrogens with zero attached hydrogens (tertiary/aromatic N) is 3. The monoisotopic (exact) mass is 533 g/mol. The molecule has 180 valence electrons. The molecular formula is C27H20ClN3O3S2. The van der Waals surface area contributed by atoms with Gasteiger partial charge < -0.3 is 4.74 Å². The second-order valence-electron chi connectivity index (χ2n) is 8.31. The van der Waals surface area contributed by atoms with Crippen molar-refractivity contribution in [1.29, 1.82) is 0 Å². The summed E-state index contributed by atoms with van der Waals surface area (Å²) < 4.78 is 7.88. The van der Waals surface area contributed by atoms with Gasteiger partial charge in [-0.2, -0.15) is 4.98 Å². The summed E-state index contributed by atoms with van der Waals surface area (Å²) >= 11 is 12.9. The first-order chi connectivity index (χ1) is 17.3. The quantitative estimate of drug-likeness (QED) is 0.226. The molecule has 1 aliphatic heterocycles. The molecule has 0 atom stereocenters. The predicted molar refractivity (Wildman–Crippen MR) is 148 cm³/mol. The minimum absolute atomic E-state index is 0.0613. The highest BCUT2D eigenvalue weighted by Gasteiger charge is 2.33. The number of thiocarbonyl (C=S) groups is 1. The maximum absolute atomic E-state index is 13.6. The highest BCUT2D eigenvalue weighted by atomic mass is 35.5. The van der Waals surface area contributed by atoms with E-state index < -0.39 is 0 Å². The molecular weight excluding hydrogens is 514 g/mol. The Labute approximate surface area is 222 Å². The van der Waals surface area contributed by atoms with E-state index in [-0.39, 0.29) is 22.9 Å². The van der Waals surface area contributed by atoms with E-state index in [1.165, 1.54) is 15.4 Å². The Morgan fingerprint density at radius 2 is 1.81 bits per heavy atom. The molecule has 36 heavy (non-hydrogen) atoms. The van der Waals surface area contributed by atoms with Crippen LogP contribution >= 0.6 is 35.6 Å². The normalized spacial score (nSPS) is 14.8. The molecule has 0 saturated carbocycles. The highest BCUT2D eigenvalue weighted by Crippen LogP contribution is 2.36. The second-order valence-corrected chi connectivity index (χ2v) is 10.4. The predicted octanol–water partition coefficient (Wildman–Crippen LogP) is 6.16. The first-order valence-electron chi connectivity index (χ1n) is 11.1. The van der Waals surface area contributed by atoms with Gasteiger partial charge in [-0.25, -0.2) is 0 Å². The summed E-state index contributed by atoms with van der Waals surface area (Å²) in [6.07, 6.45) is 3.14. The van der Waals surface area contributed by atoms with Gasteiger partial charge in [-0.1, -0.05) is 83.6 Å². The maximum atomic E-state index is 13.6. The van der Waals surface area contributed by atoms with Crippen molar-refractivity contribution in [3.05, 3.63) is 109 Å². The third-order valence-corrected chi connectivity index (χ3v) is 7.39. The molecule has 1 amide bonds. The standard InChI is InChI=1S/C27H20ClN3O3S2/c1-16-9-11-18(12-10-16)15-31-26(33)22(36-27(31)35)14-19-24(34-21-8-4-3-7-20(21)28)29-23-17(2)6-5-13-30(23)25(19)32/h3-14H,15H2,1-2H3/b22-14+. The molecule has 1 fully saturated rings. The van der Waals surface area contributed by atoms with Crippen LogP contribution in [0.2, 0.25) is 5.02 Å². The summed E-state index contributed by atoms with van der Waals surface area (Å²) in [6.45, 7) is 4.21. The summed E-state index contributed by atoms with van der Waals surface area (Å²) in [4.78, 5) is 33.3. The van der Waals surface area contributed by atoms with Crippen molar-refractivity contribution in [2.75, 3.05) is 0 Å². The van der Waals surface area contributed by atoms with E-state index in [4.69, 9.17) is 28.6 Å². The van der Waals surface area contributed by atoms with Gasteiger partial charge in [0.05, 0.1) is 16.5 Å². The van der Waals surface area contributed by atoms with Crippen LogP contribution in [0.4, 0.5) is 0 Å². The van der Waals surface area contributed by atoms with E-state index >= 15 is 0 Å². The summed E-state index contributed by atoms with van der Waals surface area (Å²) in [5.41, 5.74) is 3.12. The van der Waals surface area contributed by atoms with Gasteiger partial charge in [-0.3, -0.25) is 18.9 Å². The number of hydrogen-bond acceptors (Lipinski definition) is 6. The molecule has 3 heterocycles. The molecule has 9 heteroatoms. The Morgan fingerprint density at radius 3 is 2.56 bits per heavy atom. The van der Waals surface area contributed by atoms with Gasteiger partial charge in [-0.05, 0) is 49.2 Å². The lowest BCUT2D eigenvalue weighted by Gasteiger charge is -2.14. The third-order valence-electron chi connectivity index (χ3n) is 5.70. The Balaban J connectivity index is 1.58. The van der Waals surface area contributed by atoms with Crippen molar-refractivity contribution in [3.63, 3.8) is 0 Å². The fourth-order valence-corrected chi connectivity index (χ4v) is 5.18. The SMILES string of the molecule is Cc1ccc(CN2C(=O)/C(=C\c3c(Oc4ccccc4Cl)nc4c(C)cccn4c3=O)SC2=S)cc1. The smallest absolute Gasteiger partial charge is 0.269 e. The first-order valence-corrected chi connectivity index (χ1v) is 12.7. The number of amides is 1. The molecule has 0 aliphatic carbocycles. The number of halogens is 1. The largest absolute Gasteiger partial charge is 0.437 e. The van der Waals surface area contributed by atoms with Crippen molar-refractivity contribution in [3.8, 4) is 11.6 Å². The van der Waals surface area contributed by atoms with E-state index in [0.29, 0.717) is 32.2 Å². The van der Waals surface area contributed by atoms with Gasteiger partial charge in [0.1, 0.15) is 21.3 Å². The lowest BCUT2D eigenvalue weighted by molar-refractivity contribution is -0.122. The van der Waals surface area contributed by atoms with Crippen LogP contribution in [0, 0.1) is 13.8 Å². The van der Waals surface area contributed by atoms with E-state index in [1.807, 2.05) is 44.2 Å².